The molecule has 3 aromatic rings. The van der Waals surface area contributed by atoms with E-state index in [9.17, 15) is 4.79 Å². The summed E-state index contributed by atoms with van der Waals surface area (Å²) in [6.07, 6.45) is 1.26. The topological polar surface area (TPSA) is 77.2 Å². The van der Waals surface area contributed by atoms with Crippen molar-refractivity contribution in [3.63, 3.8) is 0 Å². The lowest BCUT2D eigenvalue weighted by molar-refractivity contribution is 0.0519. The van der Waals surface area contributed by atoms with Crippen LogP contribution in [-0.2, 0) is 4.74 Å². The zero-order valence-corrected chi connectivity index (χ0v) is 12.4. The van der Waals surface area contributed by atoms with Gasteiger partial charge in [0.05, 0.1) is 16.8 Å². The summed E-state index contributed by atoms with van der Waals surface area (Å²) in [5.41, 5.74) is 2.22. The van der Waals surface area contributed by atoms with Crippen molar-refractivity contribution in [2.45, 2.75) is 13.8 Å². The SMILES string of the molecule is CCOC(=O)c1coc(Nc2nc3ccc(C)cc3s2)n1. The summed E-state index contributed by atoms with van der Waals surface area (Å²) in [5.74, 6) is -0.505. The zero-order valence-electron chi connectivity index (χ0n) is 11.5. The van der Waals surface area contributed by atoms with E-state index in [0.29, 0.717) is 11.7 Å². The number of fused-ring (bicyclic) bond motifs is 1. The molecule has 0 bridgehead atoms. The molecule has 6 nitrogen and oxygen atoms in total. The molecule has 0 fully saturated rings. The van der Waals surface area contributed by atoms with Crippen LogP contribution in [0, 0.1) is 6.92 Å². The molecule has 1 N–H and O–H groups in total. The van der Waals surface area contributed by atoms with Gasteiger partial charge in [-0.2, -0.15) is 4.98 Å². The van der Waals surface area contributed by atoms with Crippen LogP contribution in [0.5, 0.6) is 0 Å². The van der Waals surface area contributed by atoms with Crippen LogP contribution in [0.3, 0.4) is 0 Å². The number of esters is 1. The van der Waals surface area contributed by atoms with Crippen LogP contribution in [0.1, 0.15) is 23.0 Å². The van der Waals surface area contributed by atoms with E-state index in [1.54, 1.807) is 6.92 Å². The highest BCUT2D eigenvalue weighted by Crippen LogP contribution is 2.28. The summed E-state index contributed by atoms with van der Waals surface area (Å²) >= 11 is 1.50. The highest BCUT2D eigenvalue weighted by molar-refractivity contribution is 7.22. The molecular formula is C14H13N3O3S. The van der Waals surface area contributed by atoms with Crippen molar-refractivity contribution in [2.24, 2.45) is 0 Å². The lowest BCUT2D eigenvalue weighted by Crippen LogP contribution is -2.04. The predicted molar refractivity (Wildman–Crippen MR) is 80.1 cm³/mol. The van der Waals surface area contributed by atoms with E-state index >= 15 is 0 Å². The lowest BCUT2D eigenvalue weighted by atomic mass is 10.2. The highest BCUT2D eigenvalue weighted by atomic mass is 32.1. The maximum atomic E-state index is 11.5. The van der Waals surface area contributed by atoms with E-state index in [2.05, 4.69) is 21.4 Å². The average Bonchev–Trinajstić information content (AvgIpc) is 3.05. The third-order valence-corrected chi connectivity index (χ3v) is 3.68. The molecule has 0 atom stereocenters. The number of aryl methyl sites for hydroxylation is 1. The third kappa shape index (κ3) is 2.87. The fourth-order valence-electron chi connectivity index (χ4n) is 1.81. The number of thiazole rings is 1. The van der Waals surface area contributed by atoms with Crippen molar-refractivity contribution in [1.29, 1.82) is 0 Å². The van der Waals surface area contributed by atoms with Crippen molar-refractivity contribution in [2.75, 3.05) is 11.9 Å². The fraction of sp³-hybridized carbons (Fsp3) is 0.214. The monoisotopic (exact) mass is 303 g/mol. The molecule has 3 rings (SSSR count). The smallest absolute Gasteiger partial charge is 0.360 e. The lowest BCUT2D eigenvalue weighted by Gasteiger charge is -1.95. The minimum absolute atomic E-state index is 0.135. The van der Waals surface area contributed by atoms with Gasteiger partial charge in [0.1, 0.15) is 6.26 Å². The van der Waals surface area contributed by atoms with Gasteiger partial charge in [-0.3, -0.25) is 5.32 Å². The quantitative estimate of drug-likeness (QED) is 0.743. The van der Waals surface area contributed by atoms with E-state index in [0.717, 1.165) is 10.2 Å². The van der Waals surface area contributed by atoms with Crippen molar-refractivity contribution < 1.29 is 13.9 Å². The summed E-state index contributed by atoms with van der Waals surface area (Å²) in [6.45, 7) is 4.07. The Hall–Kier alpha value is -2.41. The molecule has 0 saturated heterocycles. The van der Waals surface area contributed by atoms with Gasteiger partial charge in [-0.1, -0.05) is 17.4 Å². The molecule has 1 aromatic carbocycles. The first-order valence-electron chi connectivity index (χ1n) is 6.42. The number of oxazole rings is 1. The molecule has 0 amide bonds. The number of nitrogens with zero attached hydrogens (tertiary/aromatic N) is 2. The highest BCUT2D eigenvalue weighted by Gasteiger charge is 2.14. The molecular weight excluding hydrogens is 290 g/mol. The Morgan fingerprint density at radius 1 is 1.43 bits per heavy atom. The fourth-order valence-corrected chi connectivity index (χ4v) is 2.76. The Balaban J connectivity index is 1.80. The van der Waals surface area contributed by atoms with Gasteiger partial charge >= 0.3 is 12.0 Å². The number of benzene rings is 1. The van der Waals surface area contributed by atoms with E-state index in [4.69, 9.17) is 9.15 Å². The van der Waals surface area contributed by atoms with E-state index in [1.807, 2.05) is 19.1 Å². The Morgan fingerprint density at radius 3 is 3.10 bits per heavy atom. The second-order valence-corrected chi connectivity index (χ2v) is 5.40. The molecule has 0 aliphatic heterocycles. The second-order valence-electron chi connectivity index (χ2n) is 4.37. The van der Waals surface area contributed by atoms with E-state index < -0.39 is 5.97 Å². The number of carbonyl (C=O) groups is 1. The van der Waals surface area contributed by atoms with Crippen LogP contribution < -0.4 is 5.32 Å². The van der Waals surface area contributed by atoms with Gasteiger partial charge in [-0.05, 0) is 31.5 Å². The minimum atomic E-state index is -0.505. The normalized spacial score (nSPS) is 10.8. The summed E-state index contributed by atoms with van der Waals surface area (Å²) in [5, 5.41) is 3.61. The Labute approximate surface area is 124 Å². The minimum Gasteiger partial charge on any atom is -0.461 e. The Kier molecular flexibility index (Phi) is 3.57. The molecule has 0 aliphatic carbocycles. The molecule has 0 saturated carbocycles. The van der Waals surface area contributed by atoms with Crippen molar-refractivity contribution in [3.8, 4) is 0 Å². The van der Waals surface area contributed by atoms with E-state index in [-0.39, 0.29) is 11.7 Å². The largest absolute Gasteiger partial charge is 0.461 e. The van der Waals surface area contributed by atoms with Gasteiger partial charge in [0.25, 0.3) is 0 Å². The van der Waals surface area contributed by atoms with Gasteiger partial charge in [-0.25, -0.2) is 9.78 Å². The molecule has 7 heteroatoms. The number of hydrogen-bond donors (Lipinski definition) is 1. The van der Waals surface area contributed by atoms with Crippen LogP contribution in [0.2, 0.25) is 0 Å². The van der Waals surface area contributed by atoms with Gasteiger partial charge < -0.3 is 9.15 Å². The first-order valence-corrected chi connectivity index (χ1v) is 7.24. The third-order valence-electron chi connectivity index (χ3n) is 2.75. The van der Waals surface area contributed by atoms with Crippen LogP contribution >= 0.6 is 11.3 Å². The second kappa shape index (κ2) is 5.53. The molecule has 2 aromatic heterocycles. The van der Waals surface area contributed by atoms with Crippen LogP contribution in [-0.4, -0.2) is 22.5 Å². The molecule has 0 spiro atoms. The van der Waals surface area contributed by atoms with Crippen LogP contribution in [0.4, 0.5) is 11.1 Å². The Morgan fingerprint density at radius 2 is 2.29 bits per heavy atom. The predicted octanol–water partition coefficient (Wildman–Crippen LogP) is 3.51. The zero-order chi connectivity index (χ0) is 14.8. The van der Waals surface area contributed by atoms with Gasteiger partial charge in [0.15, 0.2) is 10.8 Å². The van der Waals surface area contributed by atoms with E-state index in [1.165, 1.54) is 23.2 Å². The number of ether oxygens (including phenoxy) is 1. The molecule has 2 heterocycles. The summed E-state index contributed by atoms with van der Waals surface area (Å²) in [7, 11) is 0. The molecule has 108 valence electrons. The number of nitrogens with one attached hydrogen (secondary N) is 1. The van der Waals surface area contributed by atoms with Crippen LogP contribution in [0.25, 0.3) is 10.2 Å². The van der Waals surface area contributed by atoms with Crippen molar-refractivity contribution >= 4 is 38.7 Å². The Bertz CT molecular complexity index is 794. The first kappa shape index (κ1) is 13.6. The summed E-state index contributed by atoms with van der Waals surface area (Å²) in [4.78, 5) is 20.0. The first-order chi connectivity index (χ1) is 10.2. The maximum Gasteiger partial charge on any atom is 0.360 e. The molecule has 0 radical (unpaired) electrons. The average molecular weight is 303 g/mol. The summed E-state index contributed by atoms with van der Waals surface area (Å²) < 4.78 is 11.1. The number of rotatable bonds is 4. The van der Waals surface area contributed by atoms with Crippen molar-refractivity contribution in [1.82, 2.24) is 9.97 Å². The number of carbonyl (C=O) groups excluding carboxylic acids is 1. The van der Waals surface area contributed by atoms with Gasteiger partial charge in [0.2, 0.25) is 0 Å². The molecule has 0 aliphatic rings. The van der Waals surface area contributed by atoms with Gasteiger partial charge in [-0.15, -0.1) is 0 Å². The van der Waals surface area contributed by atoms with Gasteiger partial charge in [0, 0.05) is 0 Å². The standard InChI is InChI=1S/C14H13N3O3S/c1-3-19-12(18)10-7-20-13(15-10)17-14-16-9-5-4-8(2)6-11(9)21-14/h4-7H,3H2,1-2H3,(H,15,16,17). The van der Waals surface area contributed by atoms with Crippen molar-refractivity contribution in [3.05, 3.63) is 35.7 Å². The number of anilines is 2. The molecule has 21 heavy (non-hydrogen) atoms. The maximum absolute atomic E-state index is 11.5. The van der Waals surface area contributed by atoms with Crippen LogP contribution in [0.15, 0.2) is 28.9 Å². The number of hydrogen-bond acceptors (Lipinski definition) is 7. The molecule has 0 unspecified atom stereocenters. The number of aromatic nitrogens is 2. The summed E-state index contributed by atoms with van der Waals surface area (Å²) in [6, 6.07) is 6.26.